The Morgan fingerprint density at radius 2 is 2.08 bits per heavy atom. The Morgan fingerprint density at radius 1 is 1.23 bits per heavy atom. The van der Waals surface area contributed by atoms with Gasteiger partial charge in [0.15, 0.2) is 0 Å². The van der Waals surface area contributed by atoms with Gasteiger partial charge in [-0.05, 0) is 18.4 Å². The fourth-order valence-corrected chi connectivity index (χ4v) is 2.70. The highest BCUT2D eigenvalue weighted by Crippen LogP contribution is 2.38. The van der Waals surface area contributed by atoms with Crippen molar-refractivity contribution < 1.29 is 0 Å². The second kappa shape index (κ2) is 3.58. The molecular weight excluding hydrogens is 292 g/mol. The number of rotatable bonds is 0. The third-order valence-electron chi connectivity index (χ3n) is 2.32. The summed E-state index contributed by atoms with van der Waals surface area (Å²) in [7, 11) is 0. The summed E-state index contributed by atoms with van der Waals surface area (Å²) in [5.74, 6) is 0. The molecule has 2 aliphatic rings. The van der Waals surface area contributed by atoms with Crippen LogP contribution < -0.4 is 0 Å². The van der Waals surface area contributed by atoms with Gasteiger partial charge in [0.25, 0.3) is 0 Å². The molecule has 0 fully saturated rings. The van der Waals surface area contributed by atoms with Crippen molar-refractivity contribution >= 4 is 31.9 Å². The normalized spacial score (nSPS) is 31.8. The van der Waals surface area contributed by atoms with Crippen molar-refractivity contribution in [3.8, 4) is 0 Å². The van der Waals surface area contributed by atoms with Crippen LogP contribution in [0.5, 0.6) is 0 Å². The molecule has 0 aromatic rings. The van der Waals surface area contributed by atoms with Crippen molar-refractivity contribution in [2.24, 2.45) is 0 Å². The van der Waals surface area contributed by atoms with Crippen LogP contribution in [0.1, 0.15) is 12.8 Å². The third kappa shape index (κ3) is 2.05. The van der Waals surface area contributed by atoms with Gasteiger partial charge in [0.05, 0.1) is 4.32 Å². The van der Waals surface area contributed by atoms with Gasteiger partial charge in [0.2, 0.25) is 0 Å². The quantitative estimate of drug-likeness (QED) is 0.587. The maximum atomic E-state index is 3.78. The zero-order chi connectivity index (χ0) is 9.31. The van der Waals surface area contributed by atoms with Crippen molar-refractivity contribution in [1.29, 1.82) is 0 Å². The topological polar surface area (TPSA) is 0 Å². The Bertz CT molecular complexity index is 334. The second-order valence-corrected chi connectivity index (χ2v) is 5.84. The molecule has 0 aromatic carbocycles. The Kier molecular flexibility index (Phi) is 2.61. The second-order valence-electron chi connectivity index (χ2n) is 3.41. The van der Waals surface area contributed by atoms with Crippen LogP contribution in [-0.4, -0.2) is 4.32 Å². The number of allylic oxidation sites excluding steroid dienone is 8. The predicted octanol–water partition coefficient (Wildman–Crippen LogP) is 4.25. The van der Waals surface area contributed by atoms with Crippen LogP contribution in [0.25, 0.3) is 0 Å². The van der Waals surface area contributed by atoms with E-state index in [9.17, 15) is 0 Å². The van der Waals surface area contributed by atoms with Crippen LogP contribution in [0.2, 0.25) is 0 Å². The molecule has 0 radical (unpaired) electrons. The van der Waals surface area contributed by atoms with E-state index in [1.807, 2.05) is 0 Å². The van der Waals surface area contributed by atoms with E-state index in [1.54, 1.807) is 0 Å². The molecule has 2 aliphatic carbocycles. The fraction of sp³-hybridized carbons (Fsp3) is 0.273. The maximum absolute atomic E-state index is 3.78. The van der Waals surface area contributed by atoms with Crippen LogP contribution in [0.4, 0.5) is 0 Å². The molecule has 0 N–H and O–H groups in total. The number of hydrogen-bond acceptors (Lipinski definition) is 0. The third-order valence-corrected chi connectivity index (χ3v) is 3.96. The first-order valence-corrected chi connectivity index (χ1v) is 5.88. The monoisotopic (exact) mass is 300 g/mol. The molecule has 0 spiro atoms. The SMILES string of the molecule is BrC1=C2C=CC=CC(Br)(CC=C1)C2. The van der Waals surface area contributed by atoms with Gasteiger partial charge in [0.1, 0.15) is 0 Å². The highest BCUT2D eigenvalue weighted by atomic mass is 79.9. The van der Waals surface area contributed by atoms with Gasteiger partial charge in [-0.3, -0.25) is 0 Å². The van der Waals surface area contributed by atoms with Crippen molar-refractivity contribution in [2.45, 2.75) is 17.2 Å². The molecule has 1 atom stereocenters. The van der Waals surface area contributed by atoms with Crippen LogP contribution in [0.3, 0.4) is 0 Å². The Labute approximate surface area is 95.4 Å². The van der Waals surface area contributed by atoms with Gasteiger partial charge in [-0.15, -0.1) is 0 Å². The summed E-state index contributed by atoms with van der Waals surface area (Å²) in [6, 6.07) is 0. The Morgan fingerprint density at radius 3 is 2.92 bits per heavy atom. The molecule has 0 heterocycles. The van der Waals surface area contributed by atoms with E-state index < -0.39 is 0 Å². The first kappa shape index (κ1) is 9.47. The van der Waals surface area contributed by atoms with Crippen molar-refractivity contribution in [1.82, 2.24) is 0 Å². The van der Waals surface area contributed by atoms with Gasteiger partial charge >= 0.3 is 0 Å². The van der Waals surface area contributed by atoms with Crippen LogP contribution in [0, 0.1) is 0 Å². The smallest absolute Gasteiger partial charge is 0.0514 e. The first-order chi connectivity index (χ1) is 6.20. The molecule has 1 unspecified atom stereocenters. The van der Waals surface area contributed by atoms with E-state index in [-0.39, 0.29) is 4.32 Å². The number of fused-ring (bicyclic) bond motifs is 2. The zero-order valence-corrected chi connectivity index (χ0v) is 10.3. The summed E-state index contributed by atoms with van der Waals surface area (Å²) in [6.45, 7) is 0. The molecule has 0 nitrogen and oxygen atoms in total. The van der Waals surface area contributed by atoms with E-state index in [4.69, 9.17) is 0 Å². The van der Waals surface area contributed by atoms with Gasteiger partial charge in [-0.1, -0.05) is 68.3 Å². The summed E-state index contributed by atoms with van der Waals surface area (Å²) in [5.41, 5.74) is 1.36. The van der Waals surface area contributed by atoms with E-state index in [2.05, 4.69) is 68.3 Å². The predicted molar refractivity (Wildman–Crippen MR) is 64.3 cm³/mol. The zero-order valence-electron chi connectivity index (χ0n) is 7.13. The lowest BCUT2D eigenvalue weighted by molar-refractivity contribution is 0.743. The standard InChI is InChI=1S/C11H10Br2/c12-10-5-3-7-11(13)6-2-1-4-9(10)8-11/h1-6H,7-8H2. The average molecular weight is 302 g/mol. The van der Waals surface area contributed by atoms with Gasteiger partial charge in [-0.25, -0.2) is 0 Å². The van der Waals surface area contributed by atoms with Crippen molar-refractivity contribution in [2.75, 3.05) is 0 Å². The largest absolute Gasteiger partial charge is 0.0817 e. The van der Waals surface area contributed by atoms with Crippen LogP contribution in [-0.2, 0) is 0 Å². The van der Waals surface area contributed by atoms with Gasteiger partial charge < -0.3 is 0 Å². The van der Waals surface area contributed by atoms with E-state index in [1.165, 1.54) is 10.1 Å². The van der Waals surface area contributed by atoms with E-state index >= 15 is 0 Å². The highest BCUT2D eigenvalue weighted by Gasteiger charge is 2.26. The molecule has 0 amide bonds. The minimum absolute atomic E-state index is 0.123. The Balaban J connectivity index is 2.47. The lowest BCUT2D eigenvalue weighted by Gasteiger charge is -2.20. The molecule has 68 valence electrons. The summed E-state index contributed by atoms with van der Waals surface area (Å²) in [6.07, 6.45) is 15.0. The van der Waals surface area contributed by atoms with Crippen LogP contribution >= 0.6 is 31.9 Å². The van der Waals surface area contributed by atoms with Gasteiger partial charge in [0, 0.05) is 4.48 Å². The highest BCUT2D eigenvalue weighted by molar-refractivity contribution is 9.12. The minimum Gasteiger partial charge on any atom is -0.0817 e. The molecule has 0 aliphatic heterocycles. The Hall–Kier alpha value is -0.0800. The van der Waals surface area contributed by atoms with Gasteiger partial charge in [-0.2, -0.15) is 0 Å². The lowest BCUT2D eigenvalue weighted by Crippen LogP contribution is -2.15. The minimum atomic E-state index is 0.123. The number of halogens is 2. The van der Waals surface area contributed by atoms with E-state index in [0.717, 1.165) is 12.8 Å². The summed E-state index contributed by atoms with van der Waals surface area (Å²) >= 11 is 7.36. The molecule has 0 aromatic heterocycles. The number of hydrogen-bond donors (Lipinski definition) is 0. The van der Waals surface area contributed by atoms with E-state index in [0.29, 0.717) is 0 Å². The lowest BCUT2D eigenvalue weighted by atomic mass is 9.98. The maximum Gasteiger partial charge on any atom is 0.0514 e. The number of alkyl halides is 1. The summed E-state index contributed by atoms with van der Waals surface area (Å²) in [4.78, 5) is 0. The molecule has 2 rings (SSSR count). The molecule has 2 bridgehead atoms. The van der Waals surface area contributed by atoms with Crippen LogP contribution in [0.15, 0.2) is 46.5 Å². The summed E-state index contributed by atoms with van der Waals surface area (Å²) < 4.78 is 1.33. The van der Waals surface area contributed by atoms with Crippen molar-refractivity contribution in [3.05, 3.63) is 46.5 Å². The van der Waals surface area contributed by atoms with Crippen molar-refractivity contribution in [3.63, 3.8) is 0 Å². The average Bonchev–Trinajstić information content (AvgIpc) is 2.34. The molecule has 13 heavy (non-hydrogen) atoms. The molecule has 0 saturated heterocycles. The molecule has 2 heteroatoms. The first-order valence-electron chi connectivity index (χ1n) is 4.30. The molecule has 0 saturated carbocycles. The summed E-state index contributed by atoms with van der Waals surface area (Å²) in [5, 5.41) is 0. The fourth-order valence-electron chi connectivity index (χ4n) is 1.60. The molecular formula is C11H10Br2.